The molecule has 1 heterocycles. The molecule has 4 nitrogen and oxygen atoms in total. The average Bonchev–Trinajstić information content (AvgIpc) is 2.31. The van der Waals surface area contributed by atoms with Crippen LogP contribution in [0.4, 0.5) is 61.5 Å². The highest BCUT2D eigenvalue weighted by atomic mass is 19.4. The average molecular weight is 425 g/mol. The molecule has 154 valence electrons. The third-order valence-electron chi connectivity index (χ3n) is 2.90. The molecule has 0 aromatic carbocycles. The molecule has 1 aliphatic rings. The Kier molecular flexibility index (Phi) is 4.52. The molecule has 1 unspecified atom stereocenters. The molecule has 0 bridgehead atoms. The van der Waals surface area contributed by atoms with Gasteiger partial charge in [-0.25, -0.2) is 13.9 Å². The molecule has 1 rings (SSSR count). The van der Waals surface area contributed by atoms with Gasteiger partial charge in [-0.1, -0.05) is 0 Å². The van der Waals surface area contributed by atoms with E-state index in [2.05, 4.69) is 0 Å². The lowest BCUT2D eigenvalue weighted by Gasteiger charge is -2.51. The van der Waals surface area contributed by atoms with E-state index in [1.807, 2.05) is 0 Å². The van der Waals surface area contributed by atoms with E-state index in [1.165, 1.54) is 0 Å². The van der Waals surface area contributed by atoms with E-state index in [0.717, 1.165) is 0 Å². The van der Waals surface area contributed by atoms with Crippen molar-refractivity contribution >= 4 is 5.97 Å². The van der Waals surface area contributed by atoms with Crippen molar-refractivity contribution in [1.82, 2.24) is 4.90 Å². The van der Waals surface area contributed by atoms with E-state index >= 15 is 0 Å². The number of carboxylic acids is 1. The van der Waals surface area contributed by atoms with E-state index in [0.29, 0.717) is 0 Å². The monoisotopic (exact) mass is 425 g/mol. The van der Waals surface area contributed by atoms with E-state index in [4.69, 9.17) is 5.11 Å². The molecular weight excluding hydrogens is 424 g/mol. The van der Waals surface area contributed by atoms with Crippen LogP contribution in [0.25, 0.3) is 0 Å². The maximum atomic E-state index is 13.6. The van der Waals surface area contributed by atoms with Gasteiger partial charge in [-0.05, 0) is 0 Å². The lowest BCUT2D eigenvalue weighted by Crippen LogP contribution is -2.82. The smallest absolute Gasteiger partial charge is 0.441 e. The van der Waals surface area contributed by atoms with Gasteiger partial charge in [0.15, 0.2) is 0 Å². The molecule has 0 spiro atoms. The number of hydrogen-bond acceptors (Lipinski definition) is 3. The normalized spacial score (nSPS) is 27.6. The summed E-state index contributed by atoms with van der Waals surface area (Å²) in [5.41, 5.74) is -7.43. The van der Waals surface area contributed by atoms with Crippen molar-refractivity contribution in [3.63, 3.8) is 0 Å². The summed E-state index contributed by atoms with van der Waals surface area (Å²) in [6, 6.07) is -22.7. The first-order valence-electron chi connectivity index (χ1n) is 5.40. The number of rotatable bonds is 3. The summed E-state index contributed by atoms with van der Waals surface area (Å²) in [6.45, 7) is 0. The summed E-state index contributed by atoms with van der Waals surface area (Å²) < 4.78 is 183. The van der Waals surface area contributed by atoms with Crippen molar-refractivity contribution in [3.05, 3.63) is 0 Å². The Morgan fingerprint density at radius 2 is 1.08 bits per heavy atom. The SMILES string of the molecule is O=C(O)C(F)(C(F)(F)F)C(F)(F)N1C(F)(F)C(F)(F)OC(F)(F)C1(F)F. The van der Waals surface area contributed by atoms with Gasteiger partial charge in [-0.3, -0.25) is 0 Å². The number of halogens is 14. The first-order chi connectivity index (χ1) is 11.0. The van der Waals surface area contributed by atoms with Gasteiger partial charge in [0.05, 0.1) is 0 Å². The summed E-state index contributed by atoms with van der Waals surface area (Å²) in [5, 5.41) is 7.94. The second-order valence-electron chi connectivity index (χ2n) is 4.56. The lowest BCUT2D eigenvalue weighted by molar-refractivity contribution is -0.592. The molecule has 18 heteroatoms. The molecular formula is C8HF14NO3. The Hall–Kier alpha value is -1.59. The maximum absolute atomic E-state index is 13.6. The van der Waals surface area contributed by atoms with Crippen LogP contribution in [0.1, 0.15) is 0 Å². The Bertz CT molecular complexity index is 573. The van der Waals surface area contributed by atoms with Gasteiger partial charge in [-0.2, -0.15) is 57.1 Å². The topological polar surface area (TPSA) is 49.8 Å². The molecule has 0 radical (unpaired) electrons. The molecule has 1 fully saturated rings. The number of ether oxygens (including phenoxy) is 1. The highest BCUT2D eigenvalue weighted by molar-refractivity contribution is 5.80. The van der Waals surface area contributed by atoms with E-state index in [-0.39, 0.29) is 0 Å². The fraction of sp³-hybridized carbons (Fsp3) is 0.875. The first kappa shape index (κ1) is 22.5. The number of morpholine rings is 1. The Morgan fingerprint density at radius 3 is 1.31 bits per heavy atom. The molecule has 1 saturated heterocycles. The second-order valence-corrected chi connectivity index (χ2v) is 4.56. The summed E-state index contributed by atoms with van der Waals surface area (Å²) in [5.74, 6) is -4.46. The van der Waals surface area contributed by atoms with Crippen molar-refractivity contribution < 1.29 is 76.1 Å². The third-order valence-corrected chi connectivity index (χ3v) is 2.90. The number of nitrogens with zero attached hydrogens (tertiary/aromatic N) is 1. The van der Waals surface area contributed by atoms with Gasteiger partial charge in [0, 0.05) is 0 Å². The Labute approximate surface area is 130 Å². The first-order valence-corrected chi connectivity index (χ1v) is 5.40. The number of carbonyl (C=O) groups is 1. The highest BCUT2D eigenvalue weighted by Crippen LogP contribution is 2.62. The minimum atomic E-state index is -7.89. The van der Waals surface area contributed by atoms with Crippen molar-refractivity contribution in [3.8, 4) is 0 Å². The standard InChI is InChI=1S/C8HF14NO3/c9-2(1(24)25,3(10,11)12)4(13,14)23-5(15,16)7(19,20)26-8(21,22)6(23,17)18/h(H,24,25). The number of hydrogen-bond donors (Lipinski definition) is 1. The van der Waals surface area contributed by atoms with Crippen molar-refractivity contribution in [2.45, 2.75) is 42.2 Å². The lowest BCUT2D eigenvalue weighted by atomic mass is 10.00. The minimum Gasteiger partial charge on any atom is -0.478 e. The largest absolute Gasteiger partial charge is 0.478 e. The van der Waals surface area contributed by atoms with Gasteiger partial charge in [0.1, 0.15) is 0 Å². The fourth-order valence-electron chi connectivity index (χ4n) is 1.65. The molecule has 0 saturated carbocycles. The zero-order valence-electron chi connectivity index (χ0n) is 11.0. The van der Waals surface area contributed by atoms with Crippen LogP contribution in [0.3, 0.4) is 0 Å². The molecule has 0 aromatic heterocycles. The summed E-state index contributed by atoms with van der Waals surface area (Å²) in [6.07, 6.45) is -21.5. The molecule has 0 aromatic rings. The van der Waals surface area contributed by atoms with Gasteiger partial charge < -0.3 is 5.11 Å². The predicted octanol–water partition coefficient (Wildman–Crippen LogP) is 3.64. The molecule has 26 heavy (non-hydrogen) atoms. The van der Waals surface area contributed by atoms with Crippen LogP contribution in [0.15, 0.2) is 0 Å². The molecule has 1 N–H and O–H groups in total. The fourth-order valence-corrected chi connectivity index (χ4v) is 1.65. The van der Waals surface area contributed by atoms with Crippen LogP contribution in [0, 0.1) is 0 Å². The van der Waals surface area contributed by atoms with Crippen LogP contribution in [0.5, 0.6) is 0 Å². The molecule has 0 aliphatic carbocycles. The van der Waals surface area contributed by atoms with Crippen molar-refractivity contribution in [2.24, 2.45) is 0 Å². The zero-order chi connectivity index (χ0) is 21.4. The van der Waals surface area contributed by atoms with Crippen LogP contribution in [-0.4, -0.2) is 58.2 Å². The highest BCUT2D eigenvalue weighted by Gasteiger charge is 2.93. The summed E-state index contributed by atoms with van der Waals surface area (Å²) in [7, 11) is 0. The van der Waals surface area contributed by atoms with Crippen molar-refractivity contribution in [2.75, 3.05) is 0 Å². The van der Waals surface area contributed by atoms with Crippen molar-refractivity contribution in [1.29, 1.82) is 0 Å². The van der Waals surface area contributed by atoms with E-state index < -0.39 is 53.1 Å². The number of aliphatic carboxylic acids is 1. The molecule has 1 aliphatic heterocycles. The third kappa shape index (κ3) is 2.48. The summed E-state index contributed by atoms with van der Waals surface area (Å²) >= 11 is 0. The Balaban J connectivity index is 3.89. The zero-order valence-corrected chi connectivity index (χ0v) is 11.0. The van der Waals surface area contributed by atoms with Gasteiger partial charge in [0.25, 0.3) is 0 Å². The van der Waals surface area contributed by atoms with Gasteiger partial charge in [-0.15, -0.1) is 4.90 Å². The number of alkyl halides is 14. The maximum Gasteiger partial charge on any atom is 0.441 e. The van der Waals surface area contributed by atoms with Gasteiger partial charge in [0.2, 0.25) is 0 Å². The molecule has 0 amide bonds. The minimum absolute atomic E-state index is 1.68. The van der Waals surface area contributed by atoms with Crippen LogP contribution < -0.4 is 0 Å². The molecule has 1 atom stereocenters. The van der Waals surface area contributed by atoms with Crippen LogP contribution >= 0.6 is 0 Å². The van der Waals surface area contributed by atoms with E-state index in [1.54, 1.807) is 4.74 Å². The second kappa shape index (κ2) is 5.23. The van der Waals surface area contributed by atoms with Gasteiger partial charge >= 0.3 is 48.2 Å². The number of carboxylic acid groups (broad SMARTS) is 1. The predicted molar refractivity (Wildman–Crippen MR) is 45.2 cm³/mol. The van der Waals surface area contributed by atoms with Crippen LogP contribution in [0.2, 0.25) is 0 Å². The van der Waals surface area contributed by atoms with E-state index in [9.17, 15) is 66.3 Å². The summed E-state index contributed by atoms with van der Waals surface area (Å²) in [4.78, 5) is 6.04. The van der Waals surface area contributed by atoms with Crippen LogP contribution in [-0.2, 0) is 9.53 Å². The quantitative estimate of drug-likeness (QED) is 0.555. The Morgan fingerprint density at radius 1 is 0.769 bits per heavy atom.